The first kappa shape index (κ1) is 23.8. The second-order valence-corrected chi connectivity index (χ2v) is 9.29. The number of nitrogens with zero attached hydrogens (tertiary/aromatic N) is 5. The number of benzene rings is 2. The predicted molar refractivity (Wildman–Crippen MR) is 140 cm³/mol. The lowest BCUT2D eigenvalue weighted by Crippen LogP contribution is -2.12. The van der Waals surface area contributed by atoms with Gasteiger partial charge in [0.2, 0.25) is 5.91 Å². The maximum atomic E-state index is 12.7. The summed E-state index contributed by atoms with van der Waals surface area (Å²) in [5.41, 5.74) is 5.79. The Bertz CT molecular complexity index is 1370. The fraction of sp³-hybridized carbons (Fsp3) is 0.357. The fourth-order valence-electron chi connectivity index (χ4n) is 4.89. The highest BCUT2D eigenvalue weighted by molar-refractivity contribution is 5.91. The normalized spacial score (nSPS) is 13.2. The van der Waals surface area contributed by atoms with Gasteiger partial charge in [-0.2, -0.15) is 5.10 Å². The van der Waals surface area contributed by atoms with Crippen molar-refractivity contribution < 1.29 is 9.53 Å². The topological polar surface area (TPSA) is 86.9 Å². The molecule has 8 nitrogen and oxygen atoms in total. The van der Waals surface area contributed by atoms with Crippen molar-refractivity contribution in [2.75, 3.05) is 12.4 Å². The SMILES string of the molecule is COc1cccc(-n2nc(C)c(CCC(=O)Nc3ccc(-c4nnc5n4CCCCC5)cc3)c2C)c1. The van der Waals surface area contributed by atoms with E-state index in [4.69, 9.17) is 9.84 Å². The first-order valence-electron chi connectivity index (χ1n) is 12.6. The molecule has 4 aromatic rings. The molecule has 2 aromatic carbocycles. The number of ether oxygens (including phenoxy) is 1. The van der Waals surface area contributed by atoms with E-state index < -0.39 is 0 Å². The van der Waals surface area contributed by atoms with Gasteiger partial charge in [-0.05, 0) is 75.1 Å². The minimum Gasteiger partial charge on any atom is -0.497 e. The third kappa shape index (κ3) is 4.89. The molecule has 0 bridgehead atoms. The number of fused-ring (bicyclic) bond motifs is 1. The molecule has 2 aromatic heterocycles. The molecule has 0 fully saturated rings. The highest BCUT2D eigenvalue weighted by atomic mass is 16.5. The van der Waals surface area contributed by atoms with E-state index in [1.54, 1.807) is 7.11 Å². The van der Waals surface area contributed by atoms with Crippen LogP contribution >= 0.6 is 0 Å². The van der Waals surface area contributed by atoms with Gasteiger partial charge < -0.3 is 14.6 Å². The number of hydrogen-bond donors (Lipinski definition) is 1. The molecule has 1 N–H and O–H groups in total. The summed E-state index contributed by atoms with van der Waals surface area (Å²) >= 11 is 0. The molecule has 0 saturated carbocycles. The molecule has 3 heterocycles. The Morgan fingerprint density at radius 1 is 1.06 bits per heavy atom. The summed E-state index contributed by atoms with van der Waals surface area (Å²) in [4.78, 5) is 12.7. The van der Waals surface area contributed by atoms with Crippen molar-refractivity contribution in [3.8, 4) is 22.8 Å². The van der Waals surface area contributed by atoms with E-state index in [0.717, 1.165) is 70.7 Å². The molecule has 0 saturated heterocycles. The second kappa shape index (κ2) is 10.4. The third-order valence-corrected chi connectivity index (χ3v) is 6.88. The number of hydrogen-bond acceptors (Lipinski definition) is 5. The van der Waals surface area contributed by atoms with E-state index in [0.29, 0.717) is 12.8 Å². The molecule has 0 aliphatic carbocycles. The molecule has 1 aliphatic heterocycles. The number of anilines is 1. The molecular weight excluding hydrogens is 452 g/mol. The Labute approximate surface area is 211 Å². The average Bonchev–Trinajstić information content (AvgIpc) is 3.32. The minimum absolute atomic E-state index is 0.0213. The van der Waals surface area contributed by atoms with Crippen LogP contribution in [0.5, 0.6) is 5.75 Å². The van der Waals surface area contributed by atoms with Crippen LogP contribution < -0.4 is 10.1 Å². The Morgan fingerprint density at radius 3 is 2.69 bits per heavy atom. The summed E-state index contributed by atoms with van der Waals surface area (Å²) in [6.45, 7) is 4.99. The number of carbonyl (C=O) groups excluding carboxylic acids is 1. The van der Waals surface area contributed by atoms with E-state index >= 15 is 0 Å². The summed E-state index contributed by atoms with van der Waals surface area (Å²) in [7, 11) is 1.65. The molecule has 8 heteroatoms. The zero-order chi connectivity index (χ0) is 25.1. The summed E-state index contributed by atoms with van der Waals surface area (Å²) in [6, 6.07) is 15.7. The number of nitrogens with one attached hydrogen (secondary N) is 1. The summed E-state index contributed by atoms with van der Waals surface area (Å²) in [5, 5.41) is 16.5. The highest BCUT2D eigenvalue weighted by Gasteiger charge is 2.17. The Balaban J connectivity index is 1.23. The van der Waals surface area contributed by atoms with Gasteiger partial charge in [-0.25, -0.2) is 4.68 Å². The van der Waals surface area contributed by atoms with Gasteiger partial charge in [-0.15, -0.1) is 10.2 Å². The number of rotatable bonds is 7. The van der Waals surface area contributed by atoms with Crippen LogP contribution in [0, 0.1) is 13.8 Å². The quantitative estimate of drug-likeness (QED) is 0.396. The van der Waals surface area contributed by atoms with Crippen molar-refractivity contribution >= 4 is 11.6 Å². The van der Waals surface area contributed by atoms with Gasteiger partial charge in [0.05, 0.1) is 18.5 Å². The van der Waals surface area contributed by atoms with Gasteiger partial charge in [0.15, 0.2) is 5.82 Å². The molecule has 0 unspecified atom stereocenters. The first-order chi connectivity index (χ1) is 17.5. The fourth-order valence-corrected chi connectivity index (χ4v) is 4.89. The molecule has 1 amide bonds. The smallest absolute Gasteiger partial charge is 0.224 e. The van der Waals surface area contributed by atoms with Crippen molar-refractivity contribution in [1.29, 1.82) is 0 Å². The molecule has 0 atom stereocenters. The maximum absolute atomic E-state index is 12.7. The van der Waals surface area contributed by atoms with Gasteiger partial charge in [0.25, 0.3) is 0 Å². The molecule has 0 spiro atoms. The lowest BCUT2D eigenvalue weighted by Gasteiger charge is -2.09. The molecule has 5 rings (SSSR count). The van der Waals surface area contributed by atoms with Gasteiger partial charge in [-0.1, -0.05) is 12.5 Å². The van der Waals surface area contributed by atoms with Crippen molar-refractivity contribution in [2.45, 2.75) is 58.9 Å². The highest BCUT2D eigenvalue weighted by Crippen LogP contribution is 2.25. The molecule has 1 aliphatic rings. The molecular formula is C28H32N6O2. The Hall–Kier alpha value is -3.94. The van der Waals surface area contributed by atoms with Crippen molar-refractivity contribution in [3.05, 3.63) is 71.3 Å². The molecule has 36 heavy (non-hydrogen) atoms. The van der Waals surface area contributed by atoms with Crippen LogP contribution in [0.2, 0.25) is 0 Å². The average molecular weight is 485 g/mol. The zero-order valence-electron chi connectivity index (χ0n) is 21.1. The third-order valence-electron chi connectivity index (χ3n) is 6.88. The van der Waals surface area contributed by atoms with Gasteiger partial charge in [0, 0.05) is 42.4 Å². The van der Waals surface area contributed by atoms with Crippen LogP contribution in [-0.2, 0) is 24.2 Å². The monoisotopic (exact) mass is 484 g/mol. The van der Waals surface area contributed by atoms with Gasteiger partial charge in [-0.3, -0.25) is 4.79 Å². The van der Waals surface area contributed by atoms with Crippen LogP contribution in [0.3, 0.4) is 0 Å². The second-order valence-electron chi connectivity index (χ2n) is 9.29. The number of carbonyl (C=O) groups is 1. The van der Waals surface area contributed by atoms with E-state index in [-0.39, 0.29) is 5.91 Å². The van der Waals surface area contributed by atoms with Crippen molar-refractivity contribution in [3.63, 3.8) is 0 Å². The van der Waals surface area contributed by atoms with E-state index in [2.05, 4.69) is 20.1 Å². The number of methoxy groups -OCH3 is 1. The Kier molecular flexibility index (Phi) is 6.84. The van der Waals surface area contributed by atoms with Crippen molar-refractivity contribution in [1.82, 2.24) is 24.5 Å². The van der Waals surface area contributed by atoms with E-state index in [1.807, 2.05) is 67.1 Å². The van der Waals surface area contributed by atoms with Crippen molar-refractivity contribution in [2.24, 2.45) is 0 Å². The summed E-state index contributed by atoms with van der Waals surface area (Å²) < 4.78 is 9.49. The van der Waals surface area contributed by atoms with Crippen LogP contribution in [0.25, 0.3) is 17.1 Å². The summed E-state index contributed by atoms with van der Waals surface area (Å²) in [5.74, 6) is 2.74. The van der Waals surface area contributed by atoms with Crippen LogP contribution in [0.1, 0.15) is 48.5 Å². The minimum atomic E-state index is -0.0213. The first-order valence-corrected chi connectivity index (χ1v) is 12.6. The lowest BCUT2D eigenvalue weighted by atomic mass is 10.1. The number of aromatic nitrogens is 5. The standard InChI is InChI=1S/C28H32N6O2/c1-19-25(20(2)34(32-19)23-8-7-9-24(18-23)36-3)15-16-27(35)29-22-13-11-21(12-14-22)28-31-30-26-10-5-4-6-17-33(26)28/h7-9,11-14,18H,4-6,10,15-17H2,1-3H3,(H,29,35). The van der Waals surface area contributed by atoms with Gasteiger partial charge >= 0.3 is 0 Å². The molecule has 0 radical (unpaired) electrons. The van der Waals surface area contributed by atoms with E-state index in [1.165, 1.54) is 12.8 Å². The maximum Gasteiger partial charge on any atom is 0.224 e. The van der Waals surface area contributed by atoms with Crippen LogP contribution in [0.4, 0.5) is 5.69 Å². The van der Waals surface area contributed by atoms with Crippen LogP contribution in [0.15, 0.2) is 48.5 Å². The predicted octanol–water partition coefficient (Wildman–Crippen LogP) is 5.05. The summed E-state index contributed by atoms with van der Waals surface area (Å²) in [6.07, 6.45) is 5.54. The lowest BCUT2D eigenvalue weighted by molar-refractivity contribution is -0.116. The largest absolute Gasteiger partial charge is 0.497 e. The number of aryl methyl sites for hydroxylation is 2. The zero-order valence-corrected chi connectivity index (χ0v) is 21.1. The van der Waals surface area contributed by atoms with Gasteiger partial charge in [0.1, 0.15) is 11.6 Å². The Morgan fingerprint density at radius 2 is 1.89 bits per heavy atom. The van der Waals surface area contributed by atoms with E-state index in [9.17, 15) is 4.79 Å². The molecule has 186 valence electrons. The number of amides is 1. The van der Waals surface area contributed by atoms with Crippen LogP contribution in [-0.4, -0.2) is 37.6 Å².